The summed E-state index contributed by atoms with van der Waals surface area (Å²) in [6.45, 7) is 0. The Balaban J connectivity index is 1.74. The van der Waals surface area contributed by atoms with E-state index in [9.17, 15) is 36.6 Å². The molecule has 0 aromatic heterocycles. The van der Waals surface area contributed by atoms with E-state index in [0.29, 0.717) is 11.1 Å². The second kappa shape index (κ2) is 10.8. The lowest BCUT2D eigenvalue weighted by atomic mass is 10.1. The Morgan fingerprint density at radius 1 is 0.667 bits per heavy atom. The van der Waals surface area contributed by atoms with Crippen molar-refractivity contribution in [3.63, 3.8) is 0 Å². The van der Waals surface area contributed by atoms with Crippen molar-refractivity contribution < 1.29 is 36.6 Å². The molecule has 0 fully saturated rings. The Hall–Kier alpha value is -1.36. The van der Waals surface area contributed by atoms with E-state index in [1.165, 1.54) is 35.7 Å². The van der Waals surface area contributed by atoms with Gasteiger partial charge in [-0.2, -0.15) is 49.9 Å². The van der Waals surface area contributed by atoms with Gasteiger partial charge in [0.25, 0.3) is 0 Å². The third-order valence-electron chi connectivity index (χ3n) is 4.07. The maximum atomic E-state index is 12.7. The standard InChI is InChI=1S/C20H20F6O2S2/c21-19(22,23)15-5-1-3-13(7-15)9-29-11-17(27)18(28)12-30-10-14-4-2-6-16(8-14)20(24,25)26/h1-8,17-18,27-28H,9-12H2/t17-,18+. The molecule has 2 rings (SSSR count). The molecule has 0 saturated carbocycles. The van der Waals surface area contributed by atoms with Gasteiger partial charge in [-0.05, 0) is 23.3 Å². The van der Waals surface area contributed by atoms with E-state index in [2.05, 4.69) is 0 Å². The van der Waals surface area contributed by atoms with E-state index in [4.69, 9.17) is 0 Å². The number of aliphatic hydroxyl groups excluding tert-OH is 2. The van der Waals surface area contributed by atoms with Gasteiger partial charge in [0.05, 0.1) is 23.3 Å². The van der Waals surface area contributed by atoms with Crippen LogP contribution < -0.4 is 0 Å². The highest BCUT2D eigenvalue weighted by molar-refractivity contribution is 7.98. The first-order valence-electron chi connectivity index (χ1n) is 8.80. The average Bonchev–Trinajstić information content (AvgIpc) is 2.67. The van der Waals surface area contributed by atoms with Gasteiger partial charge in [-0.3, -0.25) is 0 Å². The van der Waals surface area contributed by atoms with E-state index in [0.717, 1.165) is 24.3 Å². The molecule has 166 valence electrons. The molecule has 2 N–H and O–H groups in total. The fraction of sp³-hybridized carbons (Fsp3) is 0.400. The number of benzene rings is 2. The summed E-state index contributed by atoms with van der Waals surface area (Å²) in [4.78, 5) is 0. The van der Waals surface area contributed by atoms with Crippen molar-refractivity contribution in [2.45, 2.75) is 36.1 Å². The van der Waals surface area contributed by atoms with Crippen LogP contribution in [0.4, 0.5) is 26.3 Å². The minimum Gasteiger partial charge on any atom is -0.390 e. The quantitative estimate of drug-likeness (QED) is 0.468. The molecule has 2 aromatic carbocycles. The number of thioether (sulfide) groups is 2. The molecular weight excluding hydrogens is 450 g/mol. The molecule has 0 aliphatic rings. The van der Waals surface area contributed by atoms with Crippen molar-refractivity contribution in [2.24, 2.45) is 0 Å². The van der Waals surface area contributed by atoms with E-state index in [1.54, 1.807) is 12.1 Å². The zero-order valence-electron chi connectivity index (χ0n) is 15.6. The van der Waals surface area contributed by atoms with Gasteiger partial charge in [0.1, 0.15) is 0 Å². The molecule has 0 saturated heterocycles. The summed E-state index contributed by atoms with van der Waals surface area (Å²) in [6.07, 6.45) is -11.1. The molecule has 30 heavy (non-hydrogen) atoms. The van der Waals surface area contributed by atoms with Crippen LogP contribution in [0.15, 0.2) is 48.5 Å². The molecule has 2 aromatic rings. The molecule has 0 aliphatic carbocycles. The highest BCUT2D eigenvalue weighted by Gasteiger charge is 2.31. The predicted molar refractivity (Wildman–Crippen MR) is 107 cm³/mol. The number of halogens is 6. The van der Waals surface area contributed by atoms with E-state index >= 15 is 0 Å². The Bertz CT molecular complexity index is 743. The molecule has 0 aliphatic heterocycles. The first-order valence-corrected chi connectivity index (χ1v) is 11.1. The summed E-state index contributed by atoms with van der Waals surface area (Å²) < 4.78 is 76.2. The molecule has 0 bridgehead atoms. The minimum atomic E-state index is -4.42. The number of alkyl halides is 6. The van der Waals surface area contributed by atoms with Gasteiger partial charge in [-0.25, -0.2) is 0 Å². The molecule has 0 heterocycles. The van der Waals surface area contributed by atoms with Crippen molar-refractivity contribution in [1.82, 2.24) is 0 Å². The zero-order chi connectivity index (χ0) is 22.4. The topological polar surface area (TPSA) is 40.5 Å². The highest BCUT2D eigenvalue weighted by atomic mass is 32.2. The Morgan fingerprint density at radius 2 is 1.03 bits per heavy atom. The van der Waals surface area contributed by atoms with Crippen LogP contribution in [-0.2, 0) is 23.9 Å². The summed E-state index contributed by atoms with van der Waals surface area (Å²) in [5, 5.41) is 20.0. The van der Waals surface area contributed by atoms with Crippen LogP contribution in [0.5, 0.6) is 0 Å². The summed E-state index contributed by atoms with van der Waals surface area (Å²) in [5.74, 6) is 0.708. The van der Waals surface area contributed by atoms with Gasteiger partial charge in [-0.1, -0.05) is 36.4 Å². The minimum absolute atomic E-state index is 0.113. The lowest BCUT2D eigenvalue weighted by Crippen LogP contribution is -2.30. The van der Waals surface area contributed by atoms with Crippen LogP contribution in [-0.4, -0.2) is 33.9 Å². The second-order valence-corrected chi connectivity index (χ2v) is 8.62. The third-order valence-corrected chi connectivity index (χ3v) is 6.30. The molecule has 0 unspecified atom stereocenters. The van der Waals surface area contributed by atoms with Gasteiger partial charge in [0.15, 0.2) is 0 Å². The van der Waals surface area contributed by atoms with E-state index < -0.39 is 35.7 Å². The molecule has 0 radical (unpaired) electrons. The smallest absolute Gasteiger partial charge is 0.390 e. The maximum Gasteiger partial charge on any atom is 0.416 e. The lowest BCUT2D eigenvalue weighted by Gasteiger charge is -2.17. The molecule has 0 spiro atoms. The predicted octanol–water partition coefficient (Wildman–Crippen LogP) is 5.61. The van der Waals surface area contributed by atoms with Crippen LogP contribution in [0.3, 0.4) is 0 Å². The SMILES string of the molecule is O[C@H](CSCc1cccc(C(F)(F)F)c1)[C@@H](O)CSCc1cccc(C(F)(F)F)c1. The van der Waals surface area contributed by atoms with Crippen molar-refractivity contribution in [3.05, 3.63) is 70.8 Å². The van der Waals surface area contributed by atoms with Crippen molar-refractivity contribution in [2.75, 3.05) is 11.5 Å². The van der Waals surface area contributed by atoms with Gasteiger partial charge < -0.3 is 10.2 Å². The fourth-order valence-electron chi connectivity index (χ4n) is 2.49. The largest absolute Gasteiger partial charge is 0.416 e. The Labute approximate surface area is 178 Å². The molecule has 2 atom stereocenters. The average molecular weight is 471 g/mol. The van der Waals surface area contributed by atoms with Crippen LogP contribution in [0.1, 0.15) is 22.3 Å². The van der Waals surface area contributed by atoms with Gasteiger partial charge in [0.2, 0.25) is 0 Å². The highest BCUT2D eigenvalue weighted by Crippen LogP contribution is 2.31. The second-order valence-electron chi connectivity index (χ2n) is 6.56. The van der Waals surface area contributed by atoms with Crippen LogP contribution in [0.2, 0.25) is 0 Å². The fourth-order valence-corrected chi connectivity index (χ4v) is 4.49. The van der Waals surface area contributed by atoms with Gasteiger partial charge in [-0.15, -0.1) is 0 Å². The molecule has 10 heteroatoms. The van der Waals surface area contributed by atoms with E-state index in [-0.39, 0.29) is 23.0 Å². The van der Waals surface area contributed by atoms with Crippen molar-refractivity contribution >= 4 is 23.5 Å². The van der Waals surface area contributed by atoms with Gasteiger partial charge >= 0.3 is 12.4 Å². The maximum absolute atomic E-state index is 12.7. The number of hydrogen-bond acceptors (Lipinski definition) is 4. The monoisotopic (exact) mass is 470 g/mol. The Kier molecular flexibility index (Phi) is 8.96. The van der Waals surface area contributed by atoms with Gasteiger partial charge in [0, 0.05) is 23.0 Å². The number of aliphatic hydroxyl groups is 2. The lowest BCUT2D eigenvalue weighted by molar-refractivity contribution is -0.138. The van der Waals surface area contributed by atoms with Crippen molar-refractivity contribution in [1.29, 1.82) is 0 Å². The third kappa shape index (κ3) is 8.05. The number of rotatable bonds is 9. The van der Waals surface area contributed by atoms with E-state index in [1.807, 2.05) is 0 Å². The summed E-state index contributed by atoms with van der Waals surface area (Å²) in [7, 11) is 0. The normalized spacial score (nSPS) is 14.5. The molecule has 2 nitrogen and oxygen atoms in total. The van der Waals surface area contributed by atoms with Crippen LogP contribution in [0.25, 0.3) is 0 Å². The first kappa shape index (κ1) is 24.9. The number of hydrogen-bond donors (Lipinski definition) is 2. The summed E-state index contributed by atoms with van der Waals surface area (Å²) in [6, 6.07) is 9.78. The molecule has 0 amide bonds. The summed E-state index contributed by atoms with van der Waals surface area (Å²) in [5.41, 5.74) is -0.578. The molecular formula is C20H20F6O2S2. The van der Waals surface area contributed by atoms with Crippen LogP contribution >= 0.6 is 23.5 Å². The zero-order valence-corrected chi connectivity index (χ0v) is 17.2. The van der Waals surface area contributed by atoms with Crippen molar-refractivity contribution in [3.8, 4) is 0 Å². The summed E-state index contributed by atoms with van der Waals surface area (Å²) >= 11 is 2.37. The van der Waals surface area contributed by atoms with Crippen LogP contribution in [0, 0.1) is 0 Å². The Morgan fingerprint density at radius 3 is 1.37 bits per heavy atom. The first-order chi connectivity index (χ1) is 14.0.